The van der Waals surface area contributed by atoms with E-state index in [1.54, 1.807) is 0 Å². The lowest BCUT2D eigenvalue weighted by Gasteiger charge is -2.11. The van der Waals surface area contributed by atoms with Gasteiger partial charge in [-0.15, -0.1) is 0 Å². The number of nitrogens with two attached hydrogens (primary N) is 1. The summed E-state index contributed by atoms with van der Waals surface area (Å²) in [5, 5.41) is 2.80. The van der Waals surface area contributed by atoms with Crippen molar-refractivity contribution in [2.24, 2.45) is 5.73 Å². The Morgan fingerprint density at radius 3 is 3.05 bits per heavy atom. The van der Waals surface area contributed by atoms with Crippen molar-refractivity contribution in [2.45, 2.75) is 25.5 Å². The summed E-state index contributed by atoms with van der Waals surface area (Å²) in [6, 6.07) is 7.48. The summed E-state index contributed by atoms with van der Waals surface area (Å²) in [4.78, 5) is 11.7. The molecule has 0 aliphatic carbocycles. The first-order valence-electron chi connectivity index (χ1n) is 6.57. The monoisotopic (exact) mass is 264 g/mol. The topological polar surface area (TPSA) is 73.6 Å². The first kappa shape index (κ1) is 14.0. The zero-order valence-electron chi connectivity index (χ0n) is 10.9. The summed E-state index contributed by atoms with van der Waals surface area (Å²) in [5.41, 5.74) is 7.27. The molecule has 1 amide bonds. The average Bonchev–Trinajstić information content (AvgIpc) is 2.92. The van der Waals surface area contributed by atoms with Crippen LogP contribution in [0.2, 0.25) is 0 Å². The van der Waals surface area contributed by atoms with Crippen LogP contribution in [0.4, 0.5) is 5.69 Å². The summed E-state index contributed by atoms with van der Waals surface area (Å²) < 4.78 is 10.8. The number of ether oxygens (including phenoxy) is 2. The molecule has 0 spiro atoms. The van der Waals surface area contributed by atoms with Gasteiger partial charge in [0.2, 0.25) is 5.91 Å². The summed E-state index contributed by atoms with van der Waals surface area (Å²) in [6.07, 6.45) is 2.23. The van der Waals surface area contributed by atoms with Gasteiger partial charge in [-0.1, -0.05) is 18.2 Å². The van der Waals surface area contributed by atoms with Gasteiger partial charge in [0.15, 0.2) is 0 Å². The Bertz CT molecular complexity index is 417. The maximum atomic E-state index is 11.7. The zero-order valence-corrected chi connectivity index (χ0v) is 10.9. The highest BCUT2D eigenvalue weighted by Crippen LogP contribution is 2.14. The number of hydrogen-bond donors (Lipinski definition) is 2. The lowest BCUT2D eigenvalue weighted by atomic mass is 10.2. The Morgan fingerprint density at radius 2 is 2.32 bits per heavy atom. The van der Waals surface area contributed by atoms with Crippen LogP contribution in [0.3, 0.4) is 0 Å². The van der Waals surface area contributed by atoms with Gasteiger partial charge in [0.05, 0.1) is 12.7 Å². The van der Waals surface area contributed by atoms with Gasteiger partial charge in [0.25, 0.3) is 0 Å². The van der Waals surface area contributed by atoms with Crippen molar-refractivity contribution in [1.82, 2.24) is 0 Å². The van der Waals surface area contributed by atoms with Crippen LogP contribution in [0.25, 0.3) is 0 Å². The third-order valence-electron chi connectivity index (χ3n) is 3.07. The maximum absolute atomic E-state index is 11.7. The molecule has 1 aromatic carbocycles. The molecule has 2 rings (SSSR count). The molecule has 1 heterocycles. The normalized spacial score (nSPS) is 18.5. The predicted molar refractivity (Wildman–Crippen MR) is 72.8 cm³/mol. The highest BCUT2D eigenvalue weighted by atomic mass is 16.5. The van der Waals surface area contributed by atoms with Crippen LogP contribution in [0.15, 0.2) is 24.3 Å². The molecule has 1 atom stereocenters. The van der Waals surface area contributed by atoms with E-state index in [9.17, 15) is 4.79 Å². The van der Waals surface area contributed by atoms with Crippen molar-refractivity contribution >= 4 is 11.6 Å². The van der Waals surface area contributed by atoms with Crippen LogP contribution in [0.1, 0.15) is 18.4 Å². The molecule has 104 valence electrons. The summed E-state index contributed by atoms with van der Waals surface area (Å²) in [6.45, 7) is 1.71. The fourth-order valence-electron chi connectivity index (χ4n) is 2.07. The van der Waals surface area contributed by atoms with Gasteiger partial charge >= 0.3 is 0 Å². The second kappa shape index (κ2) is 7.23. The number of hydrogen-bond acceptors (Lipinski definition) is 4. The van der Waals surface area contributed by atoms with Gasteiger partial charge < -0.3 is 20.5 Å². The minimum atomic E-state index is -0.168. The van der Waals surface area contributed by atoms with E-state index in [1.807, 2.05) is 24.3 Å². The number of carbonyl (C=O) groups is 1. The molecule has 1 unspecified atom stereocenters. The predicted octanol–water partition coefficient (Wildman–Crippen LogP) is 1.28. The van der Waals surface area contributed by atoms with Crippen molar-refractivity contribution in [3.8, 4) is 0 Å². The van der Waals surface area contributed by atoms with Gasteiger partial charge in [-0.2, -0.15) is 0 Å². The second-order valence-corrected chi connectivity index (χ2v) is 4.56. The Labute approximate surface area is 113 Å². The fraction of sp³-hybridized carbons (Fsp3) is 0.500. The van der Waals surface area contributed by atoms with E-state index in [-0.39, 0.29) is 18.6 Å². The van der Waals surface area contributed by atoms with Crippen LogP contribution >= 0.6 is 0 Å². The molecule has 5 nitrogen and oxygen atoms in total. The molecular formula is C14H20N2O3. The van der Waals surface area contributed by atoms with Gasteiger partial charge in [0, 0.05) is 18.8 Å². The number of carbonyl (C=O) groups excluding carboxylic acids is 1. The Balaban J connectivity index is 1.74. The highest BCUT2D eigenvalue weighted by Gasteiger charge is 2.16. The van der Waals surface area contributed by atoms with E-state index in [2.05, 4.69) is 5.32 Å². The van der Waals surface area contributed by atoms with Gasteiger partial charge in [0.1, 0.15) is 6.61 Å². The van der Waals surface area contributed by atoms with Crippen LogP contribution in [-0.2, 0) is 20.8 Å². The van der Waals surface area contributed by atoms with Crippen LogP contribution < -0.4 is 11.1 Å². The number of benzene rings is 1. The smallest absolute Gasteiger partial charge is 0.250 e. The standard InChI is InChI=1S/C14H20N2O3/c15-8-11-4-1-2-6-13(11)16-14(17)10-18-9-12-5-3-7-19-12/h1-2,4,6,12H,3,5,7-10,15H2,(H,16,17). The summed E-state index contributed by atoms with van der Waals surface area (Å²) >= 11 is 0. The van der Waals surface area contributed by atoms with Gasteiger partial charge in [-0.3, -0.25) is 4.79 Å². The minimum Gasteiger partial charge on any atom is -0.376 e. The average molecular weight is 264 g/mol. The molecule has 0 saturated carbocycles. The van der Waals surface area contributed by atoms with Crippen molar-refractivity contribution in [1.29, 1.82) is 0 Å². The van der Waals surface area contributed by atoms with Crippen molar-refractivity contribution in [2.75, 3.05) is 25.1 Å². The van der Waals surface area contributed by atoms with Crippen molar-refractivity contribution in [3.05, 3.63) is 29.8 Å². The Morgan fingerprint density at radius 1 is 1.47 bits per heavy atom. The molecule has 1 saturated heterocycles. The molecule has 19 heavy (non-hydrogen) atoms. The molecule has 0 bridgehead atoms. The Kier molecular flexibility index (Phi) is 5.32. The second-order valence-electron chi connectivity index (χ2n) is 4.56. The third kappa shape index (κ3) is 4.31. The SMILES string of the molecule is NCc1ccccc1NC(=O)COCC1CCCO1. The Hall–Kier alpha value is -1.43. The lowest BCUT2D eigenvalue weighted by molar-refractivity contribution is -0.121. The zero-order chi connectivity index (χ0) is 13.5. The van der Waals surface area contributed by atoms with Crippen LogP contribution in [0.5, 0.6) is 0 Å². The maximum Gasteiger partial charge on any atom is 0.250 e. The summed E-state index contributed by atoms with van der Waals surface area (Å²) in [7, 11) is 0. The van der Waals surface area contributed by atoms with E-state index >= 15 is 0 Å². The van der Waals surface area contributed by atoms with Crippen molar-refractivity contribution in [3.63, 3.8) is 0 Å². The summed E-state index contributed by atoms with van der Waals surface area (Å²) in [5.74, 6) is -0.168. The first-order chi connectivity index (χ1) is 9.29. The number of anilines is 1. The molecule has 3 N–H and O–H groups in total. The first-order valence-corrected chi connectivity index (χ1v) is 6.57. The molecule has 1 aromatic rings. The fourth-order valence-corrected chi connectivity index (χ4v) is 2.07. The molecular weight excluding hydrogens is 244 g/mol. The molecule has 1 fully saturated rings. The number of nitrogens with one attached hydrogen (secondary N) is 1. The highest BCUT2D eigenvalue weighted by molar-refractivity contribution is 5.92. The van der Waals surface area contributed by atoms with E-state index in [4.69, 9.17) is 15.2 Å². The molecule has 1 aliphatic heterocycles. The van der Waals surface area contributed by atoms with Gasteiger partial charge in [-0.05, 0) is 24.5 Å². The van der Waals surface area contributed by atoms with E-state index in [0.29, 0.717) is 13.2 Å². The van der Waals surface area contributed by atoms with E-state index in [1.165, 1.54) is 0 Å². The molecule has 0 aromatic heterocycles. The molecule has 0 radical (unpaired) electrons. The van der Waals surface area contributed by atoms with Crippen LogP contribution in [-0.4, -0.2) is 31.8 Å². The number of amides is 1. The number of para-hydroxylation sites is 1. The largest absolute Gasteiger partial charge is 0.376 e. The number of rotatable bonds is 6. The van der Waals surface area contributed by atoms with E-state index < -0.39 is 0 Å². The van der Waals surface area contributed by atoms with Crippen molar-refractivity contribution < 1.29 is 14.3 Å². The molecule has 1 aliphatic rings. The third-order valence-corrected chi connectivity index (χ3v) is 3.07. The van der Waals surface area contributed by atoms with Gasteiger partial charge in [-0.25, -0.2) is 0 Å². The lowest BCUT2D eigenvalue weighted by Crippen LogP contribution is -2.23. The molecule has 5 heteroatoms. The minimum absolute atomic E-state index is 0.0404. The quantitative estimate of drug-likeness (QED) is 0.811. The van der Waals surface area contributed by atoms with E-state index in [0.717, 1.165) is 30.7 Å². The van der Waals surface area contributed by atoms with Crippen LogP contribution in [0, 0.1) is 0 Å².